The zero-order valence-electron chi connectivity index (χ0n) is 30.2. The second kappa shape index (κ2) is 21.7. The Labute approximate surface area is 325 Å². The van der Waals surface area contributed by atoms with Gasteiger partial charge in [0.25, 0.3) is 0 Å². The van der Waals surface area contributed by atoms with E-state index in [9.17, 15) is 14.7 Å². The summed E-state index contributed by atoms with van der Waals surface area (Å²) >= 11 is 3.04. The summed E-state index contributed by atoms with van der Waals surface area (Å²) in [6.45, 7) is 22.2. The Kier molecular flexibility index (Phi) is 21.6. The second-order valence-electron chi connectivity index (χ2n) is 12.8. The Bertz CT molecular complexity index is 1200. The molecule has 0 unspecified atom stereocenters. The summed E-state index contributed by atoms with van der Waals surface area (Å²) in [5.74, 6) is -0.177. The van der Waals surface area contributed by atoms with Crippen molar-refractivity contribution in [2.45, 2.75) is 117 Å². The topological polar surface area (TPSA) is 140 Å². The van der Waals surface area contributed by atoms with E-state index >= 15 is 0 Å². The Morgan fingerprint density at radius 1 is 0.957 bits per heavy atom. The molecule has 2 aromatic heterocycles. The van der Waals surface area contributed by atoms with Gasteiger partial charge in [0.05, 0.1) is 12.2 Å². The molecule has 11 nitrogen and oxygen atoms in total. The number of thiazole rings is 2. The average molecular weight is 735 g/mol. The molecular weight excluding hydrogens is 682 g/mol. The number of nitrogens with one attached hydrogen (secondary N) is 2. The van der Waals surface area contributed by atoms with E-state index in [0.717, 1.165) is 44.5 Å². The van der Waals surface area contributed by atoms with Crippen LogP contribution in [-0.4, -0.2) is 94.6 Å². The number of hydrogen-bond acceptors (Lipinski definition) is 11. The minimum Gasteiger partial charge on any atom is -1.00 e. The Hall–Kier alpha value is -0.287. The van der Waals surface area contributed by atoms with Crippen LogP contribution in [0.15, 0.2) is 12.4 Å². The average Bonchev–Trinajstić information content (AvgIpc) is 3.71. The van der Waals surface area contributed by atoms with Gasteiger partial charge in [0.15, 0.2) is 18.6 Å². The fourth-order valence-corrected chi connectivity index (χ4v) is 7.94. The number of amides is 2. The standard InChI is InChI=1S/C17H31N3O2SSi.C11H17N3O2S.CH4O.F2.K.H/c1-12-8-14(22-24(6,7)17(3,4)5)10-20(12)11-15-9-18-16(23-15)19-13(2)21;1-7-3-9(16)5-14(7)6-10-4-12-11(17-10)13-8(2)15;2*1-2;;/h9,12,14H,8,10-11H2,1-7H3,(H,18,19,21);4,7,9,16H,3,5-6H2,1-2H3,(H,12,13,15);2H,1H3;;;/q;;;;+1;-1/t12-,14+;7-,9+;;;;/m00..../s1. The van der Waals surface area contributed by atoms with Crippen LogP contribution in [0.2, 0.25) is 18.1 Å². The number of aliphatic hydroxyl groups is 2. The molecule has 2 amide bonds. The van der Waals surface area contributed by atoms with Crippen molar-refractivity contribution in [3.05, 3.63) is 22.1 Å². The maximum Gasteiger partial charge on any atom is 1.00 e. The molecule has 17 heteroatoms. The summed E-state index contributed by atoms with van der Waals surface area (Å²) in [5.41, 5.74) is 0. The van der Waals surface area contributed by atoms with E-state index in [1.165, 1.54) is 30.1 Å². The van der Waals surface area contributed by atoms with Crippen LogP contribution in [0.4, 0.5) is 19.4 Å². The van der Waals surface area contributed by atoms with Crippen molar-refractivity contribution >= 4 is 53.1 Å². The zero-order valence-corrected chi connectivity index (χ0v) is 34.9. The first kappa shape index (κ1) is 45.7. The largest absolute Gasteiger partial charge is 1.00 e. The fraction of sp³-hybridized carbons (Fsp3) is 0.724. The molecule has 0 spiro atoms. The quantitative estimate of drug-likeness (QED) is 0.302. The molecule has 2 aromatic rings. The molecule has 0 bridgehead atoms. The van der Waals surface area contributed by atoms with Crippen molar-refractivity contribution in [1.82, 2.24) is 19.8 Å². The van der Waals surface area contributed by atoms with Gasteiger partial charge in [-0.05, 0) is 44.8 Å². The van der Waals surface area contributed by atoms with E-state index in [-0.39, 0.29) is 75.8 Å². The molecule has 0 aromatic carbocycles. The normalized spacial score (nSPS) is 21.4. The summed E-state index contributed by atoms with van der Waals surface area (Å²) in [6, 6.07) is 0.905. The van der Waals surface area contributed by atoms with Crippen molar-refractivity contribution < 1.29 is 86.2 Å². The van der Waals surface area contributed by atoms with Gasteiger partial charge >= 0.3 is 51.4 Å². The summed E-state index contributed by atoms with van der Waals surface area (Å²) in [6.07, 6.45) is 5.68. The minimum atomic E-state index is -1.72. The van der Waals surface area contributed by atoms with Crippen LogP contribution in [-0.2, 0) is 27.1 Å². The van der Waals surface area contributed by atoms with Crippen LogP contribution in [0, 0.1) is 0 Å². The van der Waals surface area contributed by atoms with Crippen LogP contribution in [0.5, 0.6) is 0 Å². The molecule has 0 aliphatic carbocycles. The van der Waals surface area contributed by atoms with Crippen molar-refractivity contribution in [2.24, 2.45) is 0 Å². The summed E-state index contributed by atoms with van der Waals surface area (Å²) in [7, 11) is -0.719. The van der Waals surface area contributed by atoms with Crippen LogP contribution < -0.4 is 62.0 Å². The van der Waals surface area contributed by atoms with Gasteiger partial charge in [-0.3, -0.25) is 19.4 Å². The molecule has 0 radical (unpaired) electrons. The van der Waals surface area contributed by atoms with Gasteiger partial charge < -0.3 is 26.7 Å². The van der Waals surface area contributed by atoms with Crippen molar-refractivity contribution in [3.8, 4) is 0 Å². The number of β-amino-alcohol motifs (C(OH)–C–C–N with tert-alkyl or cyclic N) is 1. The summed E-state index contributed by atoms with van der Waals surface area (Å²) in [5, 5.41) is 23.5. The first-order chi connectivity index (χ1) is 21.0. The van der Waals surface area contributed by atoms with Crippen LogP contribution in [0.3, 0.4) is 0 Å². The third kappa shape index (κ3) is 15.5. The van der Waals surface area contributed by atoms with Gasteiger partial charge in [-0.2, -0.15) is 0 Å². The molecule has 2 fully saturated rings. The third-order valence-electron chi connectivity index (χ3n) is 8.01. The van der Waals surface area contributed by atoms with E-state index in [0.29, 0.717) is 35.0 Å². The van der Waals surface area contributed by atoms with Crippen molar-refractivity contribution in [3.63, 3.8) is 0 Å². The minimum absolute atomic E-state index is 0. The van der Waals surface area contributed by atoms with Gasteiger partial charge in [-0.25, -0.2) is 9.97 Å². The van der Waals surface area contributed by atoms with Gasteiger partial charge in [0.2, 0.25) is 11.8 Å². The van der Waals surface area contributed by atoms with Crippen molar-refractivity contribution in [2.75, 3.05) is 30.8 Å². The SMILES string of the molecule is CC(=O)Nc1ncc(CN2C[C@H](O)C[C@@H]2C)s1.CC(=O)Nc1ncc(CN2C[C@H](O[Si](C)(C)C(C)(C)C)C[C@@H]2C)s1.CO.FF.[H-].[K+]. The number of carbonyl (C=O) groups is 2. The Morgan fingerprint density at radius 3 is 1.74 bits per heavy atom. The third-order valence-corrected chi connectivity index (χ3v) is 14.3. The number of likely N-dealkylation sites (tertiary alicyclic amines) is 2. The van der Waals surface area contributed by atoms with Gasteiger partial charge in [-0.15, -0.1) is 22.7 Å². The Balaban J connectivity index is 0. The molecule has 46 heavy (non-hydrogen) atoms. The monoisotopic (exact) mass is 734 g/mol. The number of hydrogen-bond donors (Lipinski definition) is 4. The smallest absolute Gasteiger partial charge is 1.00 e. The van der Waals surface area contributed by atoms with Crippen molar-refractivity contribution in [1.29, 1.82) is 0 Å². The van der Waals surface area contributed by atoms with Crippen LogP contribution >= 0.6 is 22.7 Å². The molecule has 4 N–H and O–H groups in total. The number of halogens is 2. The first-order valence-electron chi connectivity index (χ1n) is 14.9. The van der Waals surface area contributed by atoms with E-state index in [1.807, 2.05) is 6.20 Å². The zero-order chi connectivity index (χ0) is 34.5. The number of carbonyl (C=O) groups excluding carboxylic acids is 2. The van der Waals surface area contributed by atoms with Crippen LogP contribution in [0.25, 0.3) is 0 Å². The Morgan fingerprint density at radius 2 is 1.37 bits per heavy atom. The van der Waals surface area contributed by atoms with Gasteiger partial charge in [0.1, 0.15) is 0 Å². The predicted molar refractivity (Wildman–Crippen MR) is 181 cm³/mol. The molecule has 2 saturated heterocycles. The maximum absolute atomic E-state index is 11.1. The molecule has 4 heterocycles. The fourth-order valence-electron chi connectivity index (χ4n) is 4.81. The number of nitrogens with zero attached hydrogens (tertiary/aromatic N) is 4. The molecule has 2 aliphatic heterocycles. The predicted octanol–water partition coefficient (Wildman–Crippen LogP) is 2.71. The molecule has 2 aliphatic rings. The van der Waals surface area contributed by atoms with Gasteiger partial charge in [0, 0.05) is 90.5 Å². The molecule has 4 atom stereocenters. The van der Waals surface area contributed by atoms with E-state index in [2.05, 4.69) is 78.1 Å². The number of rotatable bonds is 8. The van der Waals surface area contributed by atoms with Gasteiger partial charge in [-0.1, -0.05) is 20.8 Å². The first-order valence-corrected chi connectivity index (χ1v) is 19.4. The van der Waals surface area contributed by atoms with E-state index < -0.39 is 8.32 Å². The number of aliphatic hydroxyl groups excluding tert-OH is 2. The van der Waals surface area contributed by atoms with Crippen LogP contribution in [0.1, 0.15) is 72.5 Å². The van der Waals surface area contributed by atoms with E-state index in [1.54, 1.807) is 17.5 Å². The maximum atomic E-state index is 11.1. The second-order valence-corrected chi connectivity index (χ2v) is 19.8. The molecule has 0 saturated carbocycles. The molecular formula is C29H53F2KN6O5S2Si. The summed E-state index contributed by atoms with van der Waals surface area (Å²) in [4.78, 5) is 37.4. The molecule has 4 rings (SSSR count). The number of aromatic nitrogens is 2. The molecule has 260 valence electrons. The van der Waals surface area contributed by atoms with E-state index in [4.69, 9.17) is 18.7 Å². The summed E-state index contributed by atoms with van der Waals surface area (Å²) < 4.78 is 22.6. The number of anilines is 2.